The van der Waals surface area contributed by atoms with E-state index >= 15 is 0 Å². The molecule has 0 aromatic carbocycles. The third-order valence-electron chi connectivity index (χ3n) is 3.70. The fourth-order valence-corrected chi connectivity index (χ4v) is 3.85. The van der Waals surface area contributed by atoms with Gasteiger partial charge in [-0.3, -0.25) is 4.98 Å². The van der Waals surface area contributed by atoms with E-state index in [9.17, 15) is 0 Å². The molecule has 3 heteroatoms. The molecule has 1 N–H and O–H groups in total. The van der Waals surface area contributed by atoms with Gasteiger partial charge in [-0.15, -0.1) is 0 Å². The molecule has 0 bridgehead atoms. The highest BCUT2D eigenvalue weighted by molar-refractivity contribution is 7.99. The van der Waals surface area contributed by atoms with Gasteiger partial charge in [-0.05, 0) is 36.6 Å². The summed E-state index contributed by atoms with van der Waals surface area (Å²) in [5.74, 6) is 2.51. The van der Waals surface area contributed by atoms with E-state index in [0.717, 1.165) is 5.69 Å². The first-order valence-electron chi connectivity index (χ1n) is 6.34. The second-order valence-corrected chi connectivity index (χ2v) is 6.66. The van der Waals surface area contributed by atoms with Crippen molar-refractivity contribution in [2.45, 2.75) is 39.3 Å². The summed E-state index contributed by atoms with van der Waals surface area (Å²) in [4.78, 5) is 4.42. The lowest BCUT2D eigenvalue weighted by Crippen LogP contribution is -2.47. The topological polar surface area (TPSA) is 24.9 Å². The predicted octanol–water partition coefficient (Wildman–Crippen LogP) is 3.26. The highest BCUT2D eigenvalue weighted by Gasteiger charge is 2.33. The van der Waals surface area contributed by atoms with Crippen LogP contribution in [0, 0.1) is 5.41 Å². The Morgan fingerprint density at radius 2 is 2.29 bits per heavy atom. The van der Waals surface area contributed by atoms with E-state index in [2.05, 4.69) is 55.0 Å². The summed E-state index contributed by atoms with van der Waals surface area (Å²) in [7, 11) is 0. The maximum atomic E-state index is 4.42. The van der Waals surface area contributed by atoms with E-state index in [1.54, 1.807) is 0 Å². The summed E-state index contributed by atoms with van der Waals surface area (Å²) < 4.78 is 0. The van der Waals surface area contributed by atoms with Crippen molar-refractivity contribution in [3.05, 3.63) is 30.1 Å². The van der Waals surface area contributed by atoms with Crippen LogP contribution in [0.4, 0.5) is 0 Å². The van der Waals surface area contributed by atoms with Crippen LogP contribution >= 0.6 is 11.8 Å². The van der Waals surface area contributed by atoms with Crippen molar-refractivity contribution < 1.29 is 0 Å². The van der Waals surface area contributed by atoms with Crippen LogP contribution in [0.5, 0.6) is 0 Å². The lowest BCUT2D eigenvalue weighted by atomic mass is 9.82. The lowest BCUT2D eigenvalue weighted by molar-refractivity contribution is 0.231. The van der Waals surface area contributed by atoms with Crippen LogP contribution in [0.1, 0.15) is 38.9 Å². The van der Waals surface area contributed by atoms with Crippen LogP contribution < -0.4 is 5.32 Å². The van der Waals surface area contributed by atoms with Gasteiger partial charge in [0, 0.05) is 24.0 Å². The first kappa shape index (κ1) is 12.9. The SMILES string of the molecule is C[C@H](NC1CSCCC1(C)C)c1ccccn1. The van der Waals surface area contributed by atoms with Crippen molar-refractivity contribution in [3.63, 3.8) is 0 Å². The first-order valence-corrected chi connectivity index (χ1v) is 7.50. The number of rotatable bonds is 3. The molecule has 2 rings (SSSR count). The van der Waals surface area contributed by atoms with Gasteiger partial charge < -0.3 is 5.32 Å². The molecule has 1 aromatic rings. The molecule has 1 aliphatic rings. The Balaban J connectivity index is 2.00. The summed E-state index contributed by atoms with van der Waals surface area (Å²) in [5, 5.41) is 3.74. The van der Waals surface area contributed by atoms with E-state index < -0.39 is 0 Å². The number of nitrogens with one attached hydrogen (secondary N) is 1. The molecule has 1 unspecified atom stereocenters. The fourth-order valence-electron chi connectivity index (χ4n) is 2.23. The zero-order valence-corrected chi connectivity index (χ0v) is 11.8. The molecule has 2 atom stereocenters. The molecule has 1 aromatic heterocycles. The van der Waals surface area contributed by atoms with Gasteiger partial charge in [0.05, 0.1) is 5.69 Å². The van der Waals surface area contributed by atoms with Gasteiger partial charge in [0.1, 0.15) is 0 Å². The van der Waals surface area contributed by atoms with Crippen LogP contribution in [0.15, 0.2) is 24.4 Å². The molecule has 0 saturated carbocycles. The Morgan fingerprint density at radius 1 is 1.47 bits per heavy atom. The van der Waals surface area contributed by atoms with Gasteiger partial charge in [0.25, 0.3) is 0 Å². The van der Waals surface area contributed by atoms with Crippen molar-refractivity contribution in [2.75, 3.05) is 11.5 Å². The Bertz CT molecular complexity index is 350. The second kappa shape index (κ2) is 5.40. The van der Waals surface area contributed by atoms with E-state index in [1.807, 2.05) is 12.3 Å². The highest BCUT2D eigenvalue weighted by atomic mass is 32.2. The average molecular weight is 250 g/mol. The van der Waals surface area contributed by atoms with Gasteiger partial charge in [-0.1, -0.05) is 19.9 Å². The molecule has 1 fully saturated rings. The van der Waals surface area contributed by atoms with Crippen molar-refractivity contribution in [1.82, 2.24) is 10.3 Å². The molecule has 0 amide bonds. The Kier molecular flexibility index (Phi) is 4.10. The minimum atomic E-state index is 0.333. The molecular weight excluding hydrogens is 228 g/mol. The first-order chi connectivity index (χ1) is 8.09. The molecular formula is C14H22N2S. The number of aromatic nitrogens is 1. The molecule has 0 spiro atoms. The van der Waals surface area contributed by atoms with Crippen LogP contribution in [-0.4, -0.2) is 22.5 Å². The molecule has 2 heterocycles. The standard InChI is InChI=1S/C14H22N2S/c1-11(12-6-4-5-8-15-12)16-13-10-17-9-7-14(13,2)3/h4-6,8,11,13,16H,7,9-10H2,1-3H3/t11-,13?/m0/s1. The molecule has 94 valence electrons. The quantitative estimate of drug-likeness (QED) is 0.891. The van der Waals surface area contributed by atoms with Crippen LogP contribution in [0.25, 0.3) is 0 Å². The minimum absolute atomic E-state index is 0.333. The van der Waals surface area contributed by atoms with Gasteiger partial charge in [-0.2, -0.15) is 11.8 Å². The highest BCUT2D eigenvalue weighted by Crippen LogP contribution is 2.35. The minimum Gasteiger partial charge on any atom is -0.305 e. The molecule has 1 saturated heterocycles. The zero-order valence-electron chi connectivity index (χ0n) is 10.9. The Hall–Kier alpha value is -0.540. The molecule has 0 radical (unpaired) electrons. The molecule has 2 nitrogen and oxygen atoms in total. The Labute approximate surface area is 109 Å². The lowest BCUT2D eigenvalue weighted by Gasteiger charge is -2.40. The normalized spacial score (nSPS) is 25.5. The van der Waals surface area contributed by atoms with Gasteiger partial charge >= 0.3 is 0 Å². The summed E-state index contributed by atoms with van der Waals surface area (Å²) in [6.45, 7) is 6.95. The number of hydrogen-bond donors (Lipinski definition) is 1. The Morgan fingerprint density at radius 3 is 2.94 bits per heavy atom. The third-order valence-corrected chi connectivity index (χ3v) is 4.76. The van der Waals surface area contributed by atoms with E-state index in [4.69, 9.17) is 0 Å². The monoisotopic (exact) mass is 250 g/mol. The predicted molar refractivity (Wildman–Crippen MR) is 75.3 cm³/mol. The van der Waals surface area contributed by atoms with Crippen LogP contribution in [0.3, 0.4) is 0 Å². The third kappa shape index (κ3) is 3.23. The van der Waals surface area contributed by atoms with Gasteiger partial charge in [0.15, 0.2) is 0 Å². The average Bonchev–Trinajstić information content (AvgIpc) is 2.33. The number of nitrogens with zero attached hydrogens (tertiary/aromatic N) is 1. The van der Waals surface area contributed by atoms with Crippen molar-refractivity contribution >= 4 is 11.8 Å². The maximum absolute atomic E-state index is 4.42. The molecule has 1 aliphatic heterocycles. The summed E-state index contributed by atoms with van der Waals surface area (Å²) in [6.07, 6.45) is 3.17. The molecule has 0 aliphatic carbocycles. The van der Waals surface area contributed by atoms with Crippen molar-refractivity contribution in [3.8, 4) is 0 Å². The zero-order chi connectivity index (χ0) is 12.3. The molecule has 17 heavy (non-hydrogen) atoms. The summed E-state index contributed by atoms with van der Waals surface area (Å²) in [6, 6.07) is 7.04. The number of hydrogen-bond acceptors (Lipinski definition) is 3. The van der Waals surface area contributed by atoms with Gasteiger partial charge in [0.2, 0.25) is 0 Å². The number of pyridine rings is 1. The van der Waals surface area contributed by atoms with Crippen LogP contribution in [-0.2, 0) is 0 Å². The van der Waals surface area contributed by atoms with Crippen molar-refractivity contribution in [1.29, 1.82) is 0 Å². The van der Waals surface area contributed by atoms with E-state index in [0.29, 0.717) is 17.5 Å². The largest absolute Gasteiger partial charge is 0.305 e. The second-order valence-electron chi connectivity index (χ2n) is 5.51. The fraction of sp³-hybridized carbons (Fsp3) is 0.643. The van der Waals surface area contributed by atoms with Gasteiger partial charge in [-0.25, -0.2) is 0 Å². The number of thioether (sulfide) groups is 1. The van der Waals surface area contributed by atoms with Crippen molar-refractivity contribution in [2.24, 2.45) is 5.41 Å². The van der Waals surface area contributed by atoms with E-state index in [-0.39, 0.29) is 0 Å². The van der Waals surface area contributed by atoms with Crippen LogP contribution in [0.2, 0.25) is 0 Å². The summed E-state index contributed by atoms with van der Waals surface area (Å²) >= 11 is 2.06. The smallest absolute Gasteiger partial charge is 0.0570 e. The maximum Gasteiger partial charge on any atom is 0.0570 e. The summed E-state index contributed by atoms with van der Waals surface area (Å²) in [5.41, 5.74) is 1.53. The van der Waals surface area contributed by atoms with E-state index in [1.165, 1.54) is 17.9 Å².